The summed E-state index contributed by atoms with van der Waals surface area (Å²) in [4.78, 5) is 2.65. The molecular formula is C14H28N2O. The SMILES string of the molecule is CCNC1(CO)CCC(N(CC)CC2CC2)C1. The Morgan fingerprint density at radius 1 is 1.29 bits per heavy atom. The molecule has 2 aliphatic carbocycles. The van der Waals surface area contributed by atoms with E-state index in [1.807, 2.05) is 0 Å². The van der Waals surface area contributed by atoms with E-state index in [0.29, 0.717) is 12.6 Å². The number of likely N-dealkylation sites (N-methyl/N-ethyl adjacent to an activating group) is 1. The van der Waals surface area contributed by atoms with Crippen LogP contribution in [0.25, 0.3) is 0 Å². The lowest BCUT2D eigenvalue weighted by atomic mass is 9.98. The van der Waals surface area contributed by atoms with Gasteiger partial charge in [0.25, 0.3) is 0 Å². The van der Waals surface area contributed by atoms with Gasteiger partial charge in [0.2, 0.25) is 0 Å². The quantitative estimate of drug-likeness (QED) is 0.710. The molecule has 2 atom stereocenters. The Labute approximate surface area is 106 Å². The summed E-state index contributed by atoms with van der Waals surface area (Å²) in [7, 11) is 0. The van der Waals surface area contributed by atoms with Crippen LogP contribution in [0.15, 0.2) is 0 Å². The Balaban J connectivity index is 1.89. The van der Waals surface area contributed by atoms with Crippen LogP contribution in [0.3, 0.4) is 0 Å². The van der Waals surface area contributed by atoms with Crippen LogP contribution >= 0.6 is 0 Å². The maximum absolute atomic E-state index is 9.63. The first-order valence-electron chi connectivity index (χ1n) is 7.33. The van der Waals surface area contributed by atoms with Crippen molar-refractivity contribution in [2.75, 3.05) is 26.2 Å². The molecule has 100 valence electrons. The molecule has 17 heavy (non-hydrogen) atoms. The lowest BCUT2D eigenvalue weighted by Crippen LogP contribution is -2.48. The molecule has 3 heteroatoms. The first-order chi connectivity index (χ1) is 8.23. The number of aliphatic hydroxyl groups excluding tert-OH is 1. The largest absolute Gasteiger partial charge is 0.394 e. The first kappa shape index (κ1) is 13.3. The van der Waals surface area contributed by atoms with Crippen molar-refractivity contribution < 1.29 is 5.11 Å². The van der Waals surface area contributed by atoms with Gasteiger partial charge in [0, 0.05) is 18.1 Å². The zero-order valence-electron chi connectivity index (χ0n) is 11.4. The lowest BCUT2D eigenvalue weighted by Gasteiger charge is -2.31. The average Bonchev–Trinajstić information content (AvgIpc) is 3.07. The smallest absolute Gasteiger partial charge is 0.0613 e. The molecule has 0 bridgehead atoms. The van der Waals surface area contributed by atoms with Crippen LogP contribution in [0.1, 0.15) is 46.0 Å². The summed E-state index contributed by atoms with van der Waals surface area (Å²) >= 11 is 0. The highest BCUT2D eigenvalue weighted by Gasteiger charge is 2.40. The number of nitrogens with one attached hydrogen (secondary N) is 1. The van der Waals surface area contributed by atoms with E-state index in [2.05, 4.69) is 24.1 Å². The average molecular weight is 240 g/mol. The second-order valence-corrected chi connectivity index (χ2v) is 5.90. The standard InChI is InChI=1S/C14H28N2O/c1-3-15-14(11-17)8-7-13(9-14)16(4-2)10-12-5-6-12/h12-13,15,17H,3-11H2,1-2H3. The predicted octanol–water partition coefficient (Wildman–Crippen LogP) is 1.61. The minimum atomic E-state index is 0.0103. The normalized spacial score (nSPS) is 33.5. The van der Waals surface area contributed by atoms with Gasteiger partial charge in [-0.2, -0.15) is 0 Å². The zero-order valence-corrected chi connectivity index (χ0v) is 11.4. The van der Waals surface area contributed by atoms with Gasteiger partial charge in [-0.25, -0.2) is 0 Å². The van der Waals surface area contributed by atoms with E-state index in [9.17, 15) is 5.11 Å². The molecule has 0 saturated heterocycles. The van der Waals surface area contributed by atoms with E-state index in [0.717, 1.165) is 31.8 Å². The van der Waals surface area contributed by atoms with Gasteiger partial charge in [0.1, 0.15) is 0 Å². The molecule has 2 saturated carbocycles. The zero-order chi connectivity index (χ0) is 12.3. The molecule has 3 nitrogen and oxygen atoms in total. The van der Waals surface area contributed by atoms with Crippen LogP contribution in [0.2, 0.25) is 0 Å². The Morgan fingerprint density at radius 2 is 2.06 bits per heavy atom. The summed E-state index contributed by atoms with van der Waals surface area (Å²) in [6, 6.07) is 0.687. The summed E-state index contributed by atoms with van der Waals surface area (Å²) in [5.41, 5.74) is 0.0103. The van der Waals surface area contributed by atoms with Crippen LogP contribution in [0.5, 0.6) is 0 Å². The molecule has 2 unspecified atom stereocenters. The van der Waals surface area contributed by atoms with Crippen molar-refractivity contribution in [3.05, 3.63) is 0 Å². The number of hydrogen-bond acceptors (Lipinski definition) is 3. The molecule has 0 aliphatic heterocycles. The lowest BCUT2D eigenvalue weighted by molar-refractivity contribution is 0.143. The van der Waals surface area contributed by atoms with Crippen molar-refractivity contribution in [1.29, 1.82) is 0 Å². The monoisotopic (exact) mass is 240 g/mol. The molecule has 0 heterocycles. The van der Waals surface area contributed by atoms with Crippen LogP contribution in [0.4, 0.5) is 0 Å². The van der Waals surface area contributed by atoms with E-state index in [-0.39, 0.29) is 5.54 Å². The fraction of sp³-hybridized carbons (Fsp3) is 1.00. The minimum absolute atomic E-state index is 0.0103. The molecule has 0 aromatic heterocycles. The number of aliphatic hydroxyl groups is 1. The van der Waals surface area contributed by atoms with Crippen molar-refractivity contribution in [3.63, 3.8) is 0 Å². The third-order valence-corrected chi connectivity index (χ3v) is 4.55. The van der Waals surface area contributed by atoms with Crippen molar-refractivity contribution in [1.82, 2.24) is 10.2 Å². The van der Waals surface area contributed by atoms with E-state index in [1.165, 1.54) is 25.8 Å². The summed E-state index contributed by atoms with van der Waals surface area (Å²) in [6.07, 6.45) is 6.36. The van der Waals surface area contributed by atoms with Gasteiger partial charge in [0.15, 0.2) is 0 Å². The van der Waals surface area contributed by atoms with Gasteiger partial charge < -0.3 is 15.3 Å². The van der Waals surface area contributed by atoms with E-state index < -0.39 is 0 Å². The summed E-state index contributed by atoms with van der Waals surface area (Å²) in [6.45, 7) is 8.10. The van der Waals surface area contributed by atoms with Crippen molar-refractivity contribution in [2.45, 2.75) is 57.5 Å². The predicted molar refractivity (Wildman–Crippen MR) is 71.1 cm³/mol. The summed E-state index contributed by atoms with van der Waals surface area (Å²) in [5.74, 6) is 0.971. The molecule has 2 aliphatic rings. The topological polar surface area (TPSA) is 35.5 Å². The Bertz CT molecular complexity index is 242. The fourth-order valence-electron chi connectivity index (χ4n) is 3.31. The van der Waals surface area contributed by atoms with Crippen LogP contribution in [-0.4, -0.2) is 47.8 Å². The second kappa shape index (κ2) is 5.68. The Morgan fingerprint density at radius 3 is 2.59 bits per heavy atom. The van der Waals surface area contributed by atoms with Gasteiger partial charge in [-0.15, -0.1) is 0 Å². The minimum Gasteiger partial charge on any atom is -0.394 e. The molecule has 0 radical (unpaired) electrons. The Hall–Kier alpha value is -0.120. The van der Waals surface area contributed by atoms with Crippen LogP contribution < -0.4 is 5.32 Å². The molecule has 2 rings (SSSR count). The molecule has 0 amide bonds. The van der Waals surface area contributed by atoms with Gasteiger partial charge >= 0.3 is 0 Å². The van der Waals surface area contributed by atoms with Crippen molar-refractivity contribution >= 4 is 0 Å². The van der Waals surface area contributed by atoms with Crippen molar-refractivity contribution in [3.8, 4) is 0 Å². The first-order valence-corrected chi connectivity index (χ1v) is 7.33. The van der Waals surface area contributed by atoms with E-state index >= 15 is 0 Å². The molecule has 2 N–H and O–H groups in total. The summed E-state index contributed by atoms with van der Waals surface area (Å²) < 4.78 is 0. The highest BCUT2D eigenvalue weighted by atomic mass is 16.3. The third kappa shape index (κ3) is 3.21. The fourth-order valence-corrected chi connectivity index (χ4v) is 3.31. The van der Waals surface area contributed by atoms with Gasteiger partial charge in [-0.1, -0.05) is 13.8 Å². The molecule has 0 aromatic rings. The Kier molecular flexibility index (Phi) is 4.45. The molecular weight excluding hydrogens is 212 g/mol. The number of nitrogens with zero attached hydrogens (tertiary/aromatic N) is 1. The summed E-state index contributed by atoms with van der Waals surface area (Å²) in [5, 5.41) is 13.1. The van der Waals surface area contributed by atoms with E-state index in [4.69, 9.17) is 0 Å². The highest BCUT2D eigenvalue weighted by molar-refractivity contribution is 4.99. The maximum Gasteiger partial charge on any atom is 0.0613 e. The van der Waals surface area contributed by atoms with Gasteiger partial charge in [0.05, 0.1) is 6.61 Å². The number of rotatable bonds is 7. The third-order valence-electron chi connectivity index (χ3n) is 4.55. The van der Waals surface area contributed by atoms with Crippen molar-refractivity contribution in [2.24, 2.45) is 5.92 Å². The van der Waals surface area contributed by atoms with Gasteiger partial charge in [-0.3, -0.25) is 0 Å². The van der Waals surface area contributed by atoms with Crippen LogP contribution in [0, 0.1) is 5.92 Å². The highest BCUT2D eigenvalue weighted by Crippen LogP contribution is 2.36. The van der Waals surface area contributed by atoms with Crippen LogP contribution in [-0.2, 0) is 0 Å². The second-order valence-electron chi connectivity index (χ2n) is 5.90. The van der Waals surface area contributed by atoms with Gasteiger partial charge in [-0.05, 0) is 51.1 Å². The molecule has 0 spiro atoms. The molecule has 0 aromatic carbocycles. The van der Waals surface area contributed by atoms with E-state index in [1.54, 1.807) is 0 Å². The molecule has 2 fully saturated rings. The number of hydrogen-bond donors (Lipinski definition) is 2. The maximum atomic E-state index is 9.63.